The summed E-state index contributed by atoms with van der Waals surface area (Å²) in [6.07, 6.45) is 2.70. The van der Waals surface area contributed by atoms with Crippen LogP contribution >= 0.6 is 0 Å². The normalized spacial score (nSPS) is 10.4. The predicted molar refractivity (Wildman–Crippen MR) is 91.8 cm³/mol. The summed E-state index contributed by atoms with van der Waals surface area (Å²) in [5.41, 5.74) is 0.579. The maximum atomic E-state index is 11.7. The molecular weight excluding hydrogens is 324 g/mol. The van der Waals surface area contributed by atoms with Crippen molar-refractivity contribution in [1.82, 2.24) is 5.32 Å². The molecular formula is C18H16N2O5. The highest BCUT2D eigenvalue weighted by Gasteiger charge is 2.06. The number of benzene rings is 2. The number of hydrogen-bond acceptors (Lipinski definition) is 5. The Labute approximate surface area is 144 Å². The summed E-state index contributed by atoms with van der Waals surface area (Å²) < 4.78 is 5.37. The standard InChI is InChI=1S/C18H16N2O5/c21-17(11-8-14-6-9-15(10-7-14)20(23)24)19-18(22)12-13-25-16-4-2-1-3-5-16/h1-11H,12-13H2,(H,19,21,22)/b11-8+. The van der Waals surface area contributed by atoms with Crippen molar-refractivity contribution in [1.29, 1.82) is 0 Å². The lowest BCUT2D eigenvalue weighted by Gasteiger charge is -2.05. The number of nitro benzene ring substituents is 1. The molecule has 25 heavy (non-hydrogen) atoms. The quantitative estimate of drug-likeness (QED) is 0.475. The van der Waals surface area contributed by atoms with E-state index < -0.39 is 16.7 Å². The summed E-state index contributed by atoms with van der Waals surface area (Å²) in [7, 11) is 0. The van der Waals surface area contributed by atoms with Gasteiger partial charge in [0.25, 0.3) is 11.6 Å². The third-order valence-electron chi connectivity index (χ3n) is 3.13. The largest absolute Gasteiger partial charge is 0.493 e. The number of para-hydroxylation sites is 1. The smallest absolute Gasteiger partial charge is 0.269 e. The van der Waals surface area contributed by atoms with Gasteiger partial charge in [0.2, 0.25) is 5.91 Å². The Kier molecular flexibility index (Phi) is 6.41. The number of ether oxygens (including phenoxy) is 1. The molecule has 7 nitrogen and oxygen atoms in total. The van der Waals surface area contributed by atoms with Gasteiger partial charge in [-0.15, -0.1) is 0 Å². The molecule has 1 N–H and O–H groups in total. The zero-order chi connectivity index (χ0) is 18.1. The Morgan fingerprint density at radius 3 is 2.40 bits per heavy atom. The maximum Gasteiger partial charge on any atom is 0.269 e. The third-order valence-corrected chi connectivity index (χ3v) is 3.13. The van der Waals surface area contributed by atoms with E-state index in [1.54, 1.807) is 12.1 Å². The minimum Gasteiger partial charge on any atom is -0.493 e. The van der Waals surface area contributed by atoms with Crippen LogP contribution in [0.15, 0.2) is 60.7 Å². The fourth-order valence-electron chi connectivity index (χ4n) is 1.90. The molecule has 2 aromatic carbocycles. The van der Waals surface area contributed by atoms with Gasteiger partial charge in [-0.1, -0.05) is 18.2 Å². The average molecular weight is 340 g/mol. The van der Waals surface area contributed by atoms with Crippen molar-refractivity contribution in [2.75, 3.05) is 6.61 Å². The lowest BCUT2D eigenvalue weighted by Crippen LogP contribution is -2.29. The molecule has 0 fully saturated rings. The first kappa shape index (κ1) is 17.9. The molecule has 0 atom stereocenters. The molecule has 0 saturated carbocycles. The van der Waals surface area contributed by atoms with Gasteiger partial charge < -0.3 is 4.74 Å². The molecule has 0 saturated heterocycles. The first-order valence-electron chi connectivity index (χ1n) is 7.49. The second-order valence-electron chi connectivity index (χ2n) is 5.01. The van der Waals surface area contributed by atoms with Crippen molar-refractivity contribution < 1.29 is 19.2 Å². The Balaban J connectivity index is 1.75. The fraction of sp³-hybridized carbons (Fsp3) is 0.111. The number of nitrogens with zero attached hydrogens (tertiary/aromatic N) is 1. The van der Waals surface area contributed by atoms with E-state index in [1.807, 2.05) is 18.2 Å². The van der Waals surface area contributed by atoms with Gasteiger partial charge in [-0.2, -0.15) is 0 Å². The van der Waals surface area contributed by atoms with Crippen LogP contribution in [0.1, 0.15) is 12.0 Å². The molecule has 0 aliphatic heterocycles. The van der Waals surface area contributed by atoms with Crippen molar-refractivity contribution in [3.63, 3.8) is 0 Å². The number of nitrogens with one attached hydrogen (secondary N) is 1. The number of amides is 2. The summed E-state index contributed by atoms with van der Waals surface area (Å²) in [5, 5.41) is 12.8. The van der Waals surface area contributed by atoms with Gasteiger partial charge in [-0.05, 0) is 35.9 Å². The third kappa shape index (κ3) is 6.26. The van der Waals surface area contributed by atoms with Crippen molar-refractivity contribution in [3.05, 3.63) is 76.4 Å². The van der Waals surface area contributed by atoms with Crippen molar-refractivity contribution in [3.8, 4) is 5.75 Å². The lowest BCUT2D eigenvalue weighted by molar-refractivity contribution is -0.384. The van der Waals surface area contributed by atoms with Crippen LogP contribution in [0.2, 0.25) is 0 Å². The van der Waals surface area contributed by atoms with E-state index in [-0.39, 0.29) is 18.7 Å². The van der Waals surface area contributed by atoms with Crippen LogP contribution in [0, 0.1) is 10.1 Å². The molecule has 128 valence electrons. The summed E-state index contributed by atoms with van der Waals surface area (Å²) in [6, 6.07) is 14.7. The number of non-ortho nitro benzene ring substituents is 1. The lowest BCUT2D eigenvalue weighted by atomic mass is 10.2. The molecule has 2 rings (SSSR count). The van der Waals surface area contributed by atoms with E-state index in [1.165, 1.54) is 36.4 Å². The summed E-state index contributed by atoms with van der Waals surface area (Å²) in [6.45, 7) is 0.162. The second kappa shape index (κ2) is 8.97. The number of carbonyl (C=O) groups is 2. The Morgan fingerprint density at radius 2 is 1.76 bits per heavy atom. The molecule has 0 aliphatic carbocycles. The van der Waals surface area contributed by atoms with Crippen LogP contribution < -0.4 is 10.1 Å². The van der Waals surface area contributed by atoms with E-state index in [0.29, 0.717) is 11.3 Å². The molecule has 0 heterocycles. The monoisotopic (exact) mass is 340 g/mol. The van der Waals surface area contributed by atoms with Crippen molar-refractivity contribution >= 4 is 23.6 Å². The van der Waals surface area contributed by atoms with Gasteiger partial charge in [0, 0.05) is 18.2 Å². The van der Waals surface area contributed by atoms with Crippen LogP contribution in [-0.2, 0) is 9.59 Å². The summed E-state index contributed by atoms with van der Waals surface area (Å²) in [4.78, 5) is 33.4. The zero-order valence-electron chi connectivity index (χ0n) is 13.3. The van der Waals surface area contributed by atoms with Gasteiger partial charge in [-0.25, -0.2) is 0 Å². The van der Waals surface area contributed by atoms with Crippen LogP contribution in [0.5, 0.6) is 5.75 Å². The van der Waals surface area contributed by atoms with E-state index in [4.69, 9.17) is 4.74 Å². The zero-order valence-corrected chi connectivity index (χ0v) is 13.3. The highest BCUT2D eigenvalue weighted by molar-refractivity contribution is 6.02. The van der Waals surface area contributed by atoms with Gasteiger partial charge >= 0.3 is 0 Å². The average Bonchev–Trinajstić information content (AvgIpc) is 2.61. The Bertz CT molecular complexity index is 770. The number of hydrogen-bond donors (Lipinski definition) is 1. The number of nitro groups is 1. The van der Waals surface area contributed by atoms with Crippen molar-refractivity contribution in [2.45, 2.75) is 6.42 Å². The molecule has 7 heteroatoms. The minimum absolute atomic E-state index is 0.0322. The highest BCUT2D eigenvalue weighted by Crippen LogP contribution is 2.12. The Morgan fingerprint density at radius 1 is 1.08 bits per heavy atom. The maximum absolute atomic E-state index is 11.7. The van der Waals surface area contributed by atoms with Crippen LogP contribution in [-0.4, -0.2) is 23.3 Å². The van der Waals surface area contributed by atoms with E-state index >= 15 is 0 Å². The van der Waals surface area contributed by atoms with Gasteiger partial charge in [0.15, 0.2) is 0 Å². The van der Waals surface area contributed by atoms with Crippen LogP contribution in [0.4, 0.5) is 5.69 Å². The summed E-state index contributed by atoms with van der Waals surface area (Å²) in [5.74, 6) is -0.364. The summed E-state index contributed by atoms with van der Waals surface area (Å²) >= 11 is 0. The number of imide groups is 1. The van der Waals surface area contributed by atoms with E-state index in [0.717, 1.165) is 0 Å². The van der Waals surface area contributed by atoms with Crippen LogP contribution in [0.25, 0.3) is 6.08 Å². The molecule has 0 radical (unpaired) electrons. The van der Waals surface area contributed by atoms with Gasteiger partial charge in [-0.3, -0.25) is 25.0 Å². The van der Waals surface area contributed by atoms with E-state index in [2.05, 4.69) is 5.32 Å². The molecule has 2 amide bonds. The second-order valence-corrected chi connectivity index (χ2v) is 5.01. The predicted octanol–water partition coefficient (Wildman–Crippen LogP) is 2.72. The molecule has 0 unspecified atom stereocenters. The first-order valence-corrected chi connectivity index (χ1v) is 7.49. The van der Waals surface area contributed by atoms with E-state index in [9.17, 15) is 19.7 Å². The number of carbonyl (C=O) groups excluding carboxylic acids is 2. The first-order chi connectivity index (χ1) is 12.0. The van der Waals surface area contributed by atoms with Gasteiger partial charge in [0.05, 0.1) is 18.0 Å². The molecule has 0 spiro atoms. The molecule has 0 aliphatic rings. The SMILES string of the molecule is O=C(/C=C/c1ccc([N+](=O)[O-])cc1)NC(=O)CCOc1ccccc1. The highest BCUT2D eigenvalue weighted by atomic mass is 16.6. The Hall–Kier alpha value is -3.48. The minimum atomic E-state index is -0.567. The number of rotatable bonds is 7. The molecule has 0 bridgehead atoms. The molecule has 0 aromatic heterocycles. The van der Waals surface area contributed by atoms with Crippen molar-refractivity contribution in [2.24, 2.45) is 0 Å². The topological polar surface area (TPSA) is 98.5 Å². The fourth-order valence-corrected chi connectivity index (χ4v) is 1.90. The van der Waals surface area contributed by atoms with Crippen LogP contribution in [0.3, 0.4) is 0 Å². The molecule has 2 aromatic rings. The van der Waals surface area contributed by atoms with Gasteiger partial charge in [0.1, 0.15) is 5.75 Å².